The van der Waals surface area contributed by atoms with Crippen LogP contribution < -0.4 is 10.0 Å². The summed E-state index contributed by atoms with van der Waals surface area (Å²) in [5.41, 5.74) is -1.06. The summed E-state index contributed by atoms with van der Waals surface area (Å²) in [6.07, 6.45) is 0.539. The molecular formula is C14H26N2O7S. The van der Waals surface area contributed by atoms with Crippen LogP contribution in [0.25, 0.3) is 0 Å². The lowest BCUT2D eigenvalue weighted by atomic mass is 9.80. The molecule has 24 heavy (non-hydrogen) atoms. The van der Waals surface area contributed by atoms with Gasteiger partial charge in [-0.05, 0) is 26.7 Å². The van der Waals surface area contributed by atoms with Crippen molar-refractivity contribution < 1.29 is 32.6 Å². The number of sulfonamides is 1. The zero-order chi connectivity index (χ0) is 18.2. The van der Waals surface area contributed by atoms with Gasteiger partial charge < -0.3 is 19.9 Å². The number of hydrogen-bond donors (Lipinski definition) is 3. The van der Waals surface area contributed by atoms with Crippen molar-refractivity contribution in [3.63, 3.8) is 0 Å². The van der Waals surface area contributed by atoms with Crippen molar-refractivity contribution >= 4 is 21.9 Å². The normalized spacial score (nSPS) is 17.6. The number of carboxylic acids is 1. The second kappa shape index (κ2) is 9.30. The van der Waals surface area contributed by atoms with Gasteiger partial charge in [0.2, 0.25) is 15.9 Å². The predicted octanol–water partition coefficient (Wildman–Crippen LogP) is -0.672. The highest BCUT2D eigenvalue weighted by molar-refractivity contribution is 7.89. The van der Waals surface area contributed by atoms with E-state index in [1.807, 2.05) is 0 Å². The minimum Gasteiger partial charge on any atom is -0.481 e. The summed E-state index contributed by atoms with van der Waals surface area (Å²) in [5.74, 6) is -1.80. The molecule has 1 aliphatic heterocycles. The van der Waals surface area contributed by atoms with Gasteiger partial charge in [-0.2, -0.15) is 0 Å². The van der Waals surface area contributed by atoms with Crippen LogP contribution in [0.5, 0.6) is 0 Å². The molecule has 0 aliphatic carbocycles. The van der Waals surface area contributed by atoms with E-state index in [9.17, 15) is 23.1 Å². The third kappa shape index (κ3) is 7.12. The highest BCUT2D eigenvalue weighted by Gasteiger charge is 2.40. The molecule has 0 aromatic rings. The van der Waals surface area contributed by atoms with E-state index in [-0.39, 0.29) is 25.0 Å². The third-order valence-corrected chi connectivity index (χ3v) is 5.07. The van der Waals surface area contributed by atoms with E-state index >= 15 is 0 Å². The van der Waals surface area contributed by atoms with E-state index in [4.69, 9.17) is 9.47 Å². The van der Waals surface area contributed by atoms with Crippen LogP contribution in [0.4, 0.5) is 0 Å². The van der Waals surface area contributed by atoms with E-state index < -0.39 is 33.9 Å². The third-order valence-electron chi connectivity index (χ3n) is 3.78. The quantitative estimate of drug-likeness (QED) is 0.467. The van der Waals surface area contributed by atoms with Crippen LogP contribution in [-0.2, 0) is 29.1 Å². The molecule has 0 radical (unpaired) electrons. The van der Waals surface area contributed by atoms with Gasteiger partial charge in [0.15, 0.2) is 0 Å². The molecule has 1 amide bonds. The summed E-state index contributed by atoms with van der Waals surface area (Å²) in [7, 11) is -3.62. The Hall–Kier alpha value is -1.23. The average Bonchev–Trinajstić information content (AvgIpc) is 2.51. The summed E-state index contributed by atoms with van der Waals surface area (Å²) < 4.78 is 35.9. The molecule has 0 atom stereocenters. The minimum atomic E-state index is -3.62. The van der Waals surface area contributed by atoms with Gasteiger partial charge in [0.05, 0.1) is 30.4 Å². The zero-order valence-corrected chi connectivity index (χ0v) is 14.9. The molecule has 0 bridgehead atoms. The Bertz CT molecular complexity index is 527. The molecule has 0 saturated carbocycles. The Morgan fingerprint density at radius 1 is 1.29 bits per heavy atom. The fraction of sp³-hybridized carbons (Fsp3) is 0.857. The number of ether oxygens (including phenoxy) is 2. The van der Waals surface area contributed by atoms with Gasteiger partial charge in [0, 0.05) is 19.8 Å². The first-order valence-corrected chi connectivity index (χ1v) is 9.49. The number of amides is 1. The molecule has 0 aromatic heterocycles. The van der Waals surface area contributed by atoms with Crippen LogP contribution in [0.2, 0.25) is 0 Å². The molecule has 1 fully saturated rings. The molecule has 140 valence electrons. The molecule has 9 nitrogen and oxygen atoms in total. The second-order valence-electron chi connectivity index (χ2n) is 6.03. The topological polar surface area (TPSA) is 131 Å². The molecule has 1 heterocycles. The van der Waals surface area contributed by atoms with Gasteiger partial charge in [-0.3, -0.25) is 9.59 Å². The number of hydrogen-bond acceptors (Lipinski definition) is 6. The number of carbonyl (C=O) groups excluding carboxylic acids is 1. The molecule has 0 aromatic carbocycles. The summed E-state index contributed by atoms with van der Waals surface area (Å²) in [6.45, 7) is 3.79. The number of carbonyl (C=O) groups is 2. The van der Waals surface area contributed by atoms with Gasteiger partial charge >= 0.3 is 5.97 Å². The standard InChI is InChI=1S/C14H26N2O7S/c1-11(2)23-7-8-24(20,21)16-9-12(17)15-10-14(13(18)19)3-5-22-6-4-14/h11,16H,3-10H2,1-2H3,(H,15,17)(H,18,19). The van der Waals surface area contributed by atoms with Crippen molar-refractivity contribution in [2.45, 2.75) is 32.8 Å². The van der Waals surface area contributed by atoms with Crippen LogP contribution in [-0.4, -0.2) is 70.2 Å². The lowest BCUT2D eigenvalue weighted by Crippen LogP contribution is -2.48. The van der Waals surface area contributed by atoms with Crippen molar-refractivity contribution in [2.75, 3.05) is 38.7 Å². The highest BCUT2D eigenvalue weighted by atomic mass is 32.2. The van der Waals surface area contributed by atoms with Crippen molar-refractivity contribution in [2.24, 2.45) is 5.41 Å². The summed E-state index contributed by atoms with van der Waals surface area (Å²) in [5, 5.41) is 11.9. The predicted molar refractivity (Wildman–Crippen MR) is 86.0 cm³/mol. The summed E-state index contributed by atoms with van der Waals surface area (Å²) in [6, 6.07) is 0. The van der Waals surface area contributed by atoms with Crippen molar-refractivity contribution in [1.29, 1.82) is 0 Å². The van der Waals surface area contributed by atoms with Gasteiger partial charge in [-0.25, -0.2) is 13.1 Å². The molecule has 10 heteroatoms. The fourth-order valence-electron chi connectivity index (χ4n) is 2.20. The molecule has 0 unspecified atom stereocenters. The van der Waals surface area contributed by atoms with Gasteiger partial charge in [0.25, 0.3) is 0 Å². The van der Waals surface area contributed by atoms with Crippen LogP contribution in [0.1, 0.15) is 26.7 Å². The lowest BCUT2D eigenvalue weighted by Gasteiger charge is -2.33. The van der Waals surface area contributed by atoms with Crippen molar-refractivity contribution in [3.8, 4) is 0 Å². The van der Waals surface area contributed by atoms with E-state index in [1.165, 1.54) is 0 Å². The Balaban J connectivity index is 2.38. The Kier molecular flexibility index (Phi) is 8.07. The molecule has 1 aliphatic rings. The van der Waals surface area contributed by atoms with E-state index in [1.54, 1.807) is 13.8 Å². The molecule has 1 saturated heterocycles. The maximum Gasteiger partial charge on any atom is 0.311 e. The molecule has 0 spiro atoms. The summed E-state index contributed by atoms with van der Waals surface area (Å²) in [4.78, 5) is 23.2. The maximum atomic E-state index is 11.8. The van der Waals surface area contributed by atoms with Gasteiger partial charge in [-0.1, -0.05) is 0 Å². The van der Waals surface area contributed by atoms with Crippen LogP contribution in [0, 0.1) is 5.41 Å². The van der Waals surface area contributed by atoms with E-state index in [2.05, 4.69) is 10.0 Å². The largest absolute Gasteiger partial charge is 0.481 e. The van der Waals surface area contributed by atoms with Crippen LogP contribution in [0.3, 0.4) is 0 Å². The average molecular weight is 366 g/mol. The first kappa shape index (κ1) is 20.8. The smallest absolute Gasteiger partial charge is 0.311 e. The van der Waals surface area contributed by atoms with E-state index in [0.717, 1.165) is 0 Å². The van der Waals surface area contributed by atoms with Crippen LogP contribution in [0.15, 0.2) is 0 Å². The number of carboxylic acid groups (broad SMARTS) is 1. The Morgan fingerprint density at radius 2 is 1.92 bits per heavy atom. The number of aliphatic carboxylic acids is 1. The Morgan fingerprint density at radius 3 is 2.46 bits per heavy atom. The lowest BCUT2D eigenvalue weighted by molar-refractivity contribution is -0.154. The molecular weight excluding hydrogens is 340 g/mol. The van der Waals surface area contributed by atoms with Gasteiger partial charge in [-0.15, -0.1) is 0 Å². The highest BCUT2D eigenvalue weighted by Crippen LogP contribution is 2.29. The maximum absolute atomic E-state index is 11.8. The second-order valence-corrected chi connectivity index (χ2v) is 7.96. The van der Waals surface area contributed by atoms with Gasteiger partial charge in [0.1, 0.15) is 0 Å². The molecule has 1 rings (SSSR count). The van der Waals surface area contributed by atoms with E-state index in [0.29, 0.717) is 26.1 Å². The first-order chi connectivity index (χ1) is 11.2. The monoisotopic (exact) mass is 366 g/mol. The Labute approximate surface area is 142 Å². The number of rotatable bonds is 10. The van der Waals surface area contributed by atoms with Crippen molar-refractivity contribution in [1.82, 2.24) is 10.0 Å². The SMILES string of the molecule is CC(C)OCCS(=O)(=O)NCC(=O)NCC1(C(=O)O)CCOCC1. The van der Waals surface area contributed by atoms with Crippen molar-refractivity contribution in [3.05, 3.63) is 0 Å². The summed E-state index contributed by atoms with van der Waals surface area (Å²) >= 11 is 0. The zero-order valence-electron chi connectivity index (χ0n) is 14.0. The minimum absolute atomic E-state index is 0.0384. The molecule has 3 N–H and O–H groups in total. The fourth-order valence-corrected chi connectivity index (χ4v) is 3.01. The number of nitrogens with one attached hydrogen (secondary N) is 2. The first-order valence-electron chi connectivity index (χ1n) is 7.84. The van der Waals surface area contributed by atoms with Crippen LogP contribution >= 0.6 is 0 Å².